The molecular formula is C17H21N9O. The fourth-order valence-electron chi connectivity index (χ4n) is 3.58. The quantitative estimate of drug-likeness (QED) is 0.701. The molecule has 0 amide bonds. The molecule has 10 nitrogen and oxygen atoms in total. The summed E-state index contributed by atoms with van der Waals surface area (Å²) in [6.45, 7) is 6.63. The molecule has 0 aliphatic carbocycles. The summed E-state index contributed by atoms with van der Waals surface area (Å²) in [5, 5.41) is 7.93. The first kappa shape index (κ1) is 16.2. The number of H-pyrrole nitrogens is 1. The number of aromatic amines is 1. The second-order valence-corrected chi connectivity index (χ2v) is 6.62. The molecule has 3 aromatic heterocycles. The van der Waals surface area contributed by atoms with Gasteiger partial charge in [-0.15, -0.1) is 0 Å². The van der Waals surface area contributed by atoms with Gasteiger partial charge in [0.15, 0.2) is 5.65 Å². The maximum atomic E-state index is 5.43. The number of hydrogen-bond acceptors (Lipinski definition) is 9. The molecule has 2 fully saturated rings. The summed E-state index contributed by atoms with van der Waals surface area (Å²) in [4.78, 5) is 24.7. The normalized spacial score (nSPS) is 18.3. The highest BCUT2D eigenvalue weighted by molar-refractivity contribution is 5.86. The minimum absolute atomic E-state index is 0.749. The van der Waals surface area contributed by atoms with Crippen molar-refractivity contribution < 1.29 is 4.74 Å². The number of piperazine rings is 1. The lowest BCUT2D eigenvalue weighted by atomic mass is 10.3. The van der Waals surface area contributed by atoms with Crippen LogP contribution in [0, 0.1) is 0 Å². The molecule has 0 aromatic carbocycles. The minimum Gasteiger partial charge on any atom is -0.378 e. The van der Waals surface area contributed by atoms with E-state index in [1.807, 2.05) is 12.3 Å². The zero-order chi connectivity index (χ0) is 18.1. The van der Waals surface area contributed by atoms with Gasteiger partial charge in [0.05, 0.1) is 24.8 Å². The van der Waals surface area contributed by atoms with Gasteiger partial charge in [-0.1, -0.05) is 0 Å². The Labute approximate surface area is 156 Å². The second-order valence-electron chi connectivity index (χ2n) is 6.62. The van der Waals surface area contributed by atoms with Crippen LogP contribution in [0.1, 0.15) is 0 Å². The van der Waals surface area contributed by atoms with Gasteiger partial charge in [0.2, 0.25) is 5.95 Å². The van der Waals surface area contributed by atoms with Crippen LogP contribution in [-0.4, -0.2) is 82.6 Å². The summed E-state index contributed by atoms with van der Waals surface area (Å²) < 4.78 is 5.43. The van der Waals surface area contributed by atoms with Crippen LogP contribution in [0.4, 0.5) is 17.6 Å². The maximum absolute atomic E-state index is 5.43. The largest absolute Gasteiger partial charge is 0.378 e. The van der Waals surface area contributed by atoms with Gasteiger partial charge in [0.1, 0.15) is 18.0 Å². The van der Waals surface area contributed by atoms with Crippen molar-refractivity contribution in [2.75, 3.05) is 67.2 Å². The van der Waals surface area contributed by atoms with E-state index in [2.05, 4.69) is 39.8 Å². The Kier molecular flexibility index (Phi) is 4.17. The average molecular weight is 367 g/mol. The van der Waals surface area contributed by atoms with Gasteiger partial charge in [0, 0.05) is 45.5 Å². The summed E-state index contributed by atoms with van der Waals surface area (Å²) in [6.07, 6.45) is 5.21. The fourth-order valence-corrected chi connectivity index (χ4v) is 3.58. The van der Waals surface area contributed by atoms with Crippen LogP contribution in [0.5, 0.6) is 0 Å². The van der Waals surface area contributed by atoms with Gasteiger partial charge in [-0.2, -0.15) is 10.1 Å². The Morgan fingerprint density at radius 3 is 2.56 bits per heavy atom. The molecule has 5 rings (SSSR count). The smallest absolute Gasteiger partial charge is 0.227 e. The van der Waals surface area contributed by atoms with E-state index in [-0.39, 0.29) is 0 Å². The number of rotatable bonds is 3. The van der Waals surface area contributed by atoms with Crippen molar-refractivity contribution in [3.63, 3.8) is 0 Å². The topological polar surface area (TPSA) is 99.2 Å². The first-order valence-corrected chi connectivity index (χ1v) is 9.18. The van der Waals surface area contributed by atoms with Gasteiger partial charge < -0.3 is 19.4 Å². The second kappa shape index (κ2) is 6.95. The summed E-state index contributed by atoms with van der Waals surface area (Å²) in [5.74, 6) is 2.69. The molecule has 27 heavy (non-hydrogen) atoms. The molecule has 1 N–H and O–H groups in total. The number of ether oxygens (including phenoxy) is 1. The van der Waals surface area contributed by atoms with Crippen molar-refractivity contribution in [3.05, 3.63) is 24.8 Å². The van der Waals surface area contributed by atoms with Crippen LogP contribution >= 0.6 is 0 Å². The highest BCUT2D eigenvalue weighted by Crippen LogP contribution is 2.23. The summed E-state index contributed by atoms with van der Waals surface area (Å²) in [6, 6.07) is 1.97. The SMILES string of the molecule is c1cc(N2CCOCC2)nc(N2CCN(c3ncnc4[nH]ncc34)CC2)n1. The molecule has 3 aromatic rings. The first-order valence-electron chi connectivity index (χ1n) is 9.18. The molecule has 0 atom stereocenters. The van der Waals surface area contributed by atoms with E-state index in [0.717, 1.165) is 81.1 Å². The van der Waals surface area contributed by atoms with Gasteiger partial charge in [0.25, 0.3) is 0 Å². The summed E-state index contributed by atoms with van der Waals surface area (Å²) in [7, 11) is 0. The number of morpholine rings is 1. The Morgan fingerprint density at radius 2 is 1.70 bits per heavy atom. The van der Waals surface area contributed by atoms with Crippen LogP contribution in [0.2, 0.25) is 0 Å². The first-order chi connectivity index (χ1) is 13.4. The molecule has 2 aliphatic rings. The standard InChI is InChI=1S/C17H21N9O/c1-2-18-17(22-14(1)24-7-9-27-10-8-24)26-5-3-25(4-6-26)16-13-11-21-23-15(13)19-12-20-16/h1-2,11-12H,3-10H2,(H,19,20,21,23). The maximum Gasteiger partial charge on any atom is 0.227 e. The summed E-state index contributed by atoms with van der Waals surface area (Å²) in [5.41, 5.74) is 0.768. The highest BCUT2D eigenvalue weighted by Gasteiger charge is 2.23. The lowest BCUT2D eigenvalue weighted by molar-refractivity contribution is 0.122. The summed E-state index contributed by atoms with van der Waals surface area (Å²) >= 11 is 0. The van der Waals surface area contributed by atoms with Crippen molar-refractivity contribution in [3.8, 4) is 0 Å². The lowest BCUT2D eigenvalue weighted by Crippen LogP contribution is -2.47. The molecule has 0 bridgehead atoms. The highest BCUT2D eigenvalue weighted by atomic mass is 16.5. The Morgan fingerprint density at radius 1 is 0.889 bits per heavy atom. The Balaban J connectivity index is 1.30. The Bertz CT molecular complexity index is 915. The third-order valence-corrected chi connectivity index (χ3v) is 5.05. The predicted octanol–water partition coefficient (Wildman–Crippen LogP) is 0.306. The number of nitrogens with zero attached hydrogens (tertiary/aromatic N) is 8. The molecule has 0 saturated carbocycles. The molecule has 0 radical (unpaired) electrons. The number of fused-ring (bicyclic) bond motifs is 1. The van der Waals surface area contributed by atoms with Gasteiger partial charge in [-0.3, -0.25) is 5.10 Å². The van der Waals surface area contributed by atoms with Crippen molar-refractivity contribution in [2.45, 2.75) is 0 Å². The number of nitrogens with one attached hydrogen (secondary N) is 1. The predicted molar refractivity (Wildman–Crippen MR) is 101 cm³/mol. The van der Waals surface area contributed by atoms with Crippen LogP contribution < -0.4 is 14.7 Å². The van der Waals surface area contributed by atoms with E-state index < -0.39 is 0 Å². The molecule has 10 heteroatoms. The van der Waals surface area contributed by atoms with E-state index in [1.54, 1.807) is 12.5 Å². The van der Waals surface area contributed by atoms with Crippen LogP contribution in [0.15, 0.2) is 24.8 Å². The Hall–Kier alpha value is -3.01. The third-order valence-electron chi connectivity index (χ3n) is 5.05. The third kappa shape index (κ3) is 3.12. The lowest BCUT2D eigenvalue weighted by Gasteiger charge is -2.36. The van der Waals surface area contributed by atoms with E-state index in [1.165, 1.54) is 0 Å². The van der Waals surface area contributed by atoms with Gasteiger partial charge in [-0.05, 0) is 6.07 Å². The average Bonchev–Trinajstić information content (AvgIpc) is 3.24. The van der Waals surface area contributed by atoms with Gasteiger partial charge in [-0.25, -0.2) is 15.0 Å². The van der Waals surface area contributed by atoms with Crippen molar-refractivity contribution in [1.29, 1.82) is 0 Å². The molecule has 140 valence electrons. The minimum atomic E-state index is 0.749. The van der Waals surface area contributed by atoms with E-state index in [4.69, 9.17) is 9.72 Å². The van der Waals surface area contributed by atoms with Gasteiger partial charge >= 0.3 is 0 Å². The van der Waals surface area contributed by atoms with E-state index >= 15 is 0 Å². The molecule has 0 unspecified atom stereocenters. The fraction of sp³-hybridized carbons (Fsp3) is 0.471. The van der Waals surface area contributed by atoms with Crippen molar-refractivity contribution >= 4 is 28.6 Å². The zero-order valence-electron chi connectivity index (χ0n) is 15.0. The zero-order valence-corrected chi connectivity index (χ0v) is 15.0. The number of aromatic nitrogens is 6. The molecule has 5 heterocycles. The van der Waals surface area contributed by atoms with E-state index in [9.17, 15) is 0 Å². The molecule has 2 saturated heterocycles. The van der Waals surface area contributed by atoms with Crippen molar-refractivity contribution in [1.82, 2.24) is 30.1 Å². The van der Waals surface area contributed by atoms with Crippen LogP contribution in [0.25, 0.3) is 11.0 Å². The molecule has 2 aliphatic heterocycles. The number of anilines is 3. The van der Waals surface area contributed by atoms with Crippen LogP contribution in [0.3, 0.4) is 0 Å². The van der Waals surface area contributed by atoms with Crippen molar-refractivity contribution in [2.24, 2.45) is 0 Å². The number of hydrogen-bond donors (Lipinski definition) is 1. The molecular weight excluding hydrogens is 346 g/mol. The van der Waals surface area contributed by atoms with E-state index in [0.29, 0.717) is 0 Å². The van der Waals surface area contributed by atoms with Crippen LogP contribution in [-0.2, 0) is 4.74 Å². The monoisotopic (exact) mass is 367 g/mol. The molecule has 0 spiro atoms.